The average molecular weight is 487 g/mol. The Morgan fingerprint density at radius 1 is 1.23 bits per heavy atom. The zero-order valence-electron chi connectivity index (χ0n) is 16.8. The first-order valence-electron chi connectivity index (χ1n) is 9.83. The molecular formula is C20H24Cl2N4O4S. The molecule has 8 nitrogen and oxygen atoms in total. The van der Waals surface area contributed by atoms with Gasteiger partial charge in [-0.15, -0.1) is 11.3 Å². The summed E-state index contributed by atoms with van der Waals surface area (Å²) in [6.45, 7) is 2.50. The second-order valence-corrected chi connectivity index (χ2v) is 8.61. The summed E-state index contributed by atoms with van der Waals surface area (Å²) in [4.78, 5) is 31.0. The van der Waals surface area contributed by atoms with Crippen LogP contribution in [0.1, 0.15) is 6.42 Å². The van der Waals surface area contributed by atoms with Crippen molar-refractivity contribution in [3.05, 3.63) is 33.6 Å². The van der Waals surface area contributed by atoms with Crippen molar-refractivity contribution in [3.8, 4) is 10.6 Å². The van der Waals surface area contributed by atoms with E-state index in [9.17, 15) is 9.59 Å². The fourth-order valence-corrected chi connectivity index (χ4v) is 4.12. The summed E-state index contributed by atoms with van der Waals surface area (Å²) in [6.07, 6.45) is 0.598. The second kappa shape index (κ2) is 11.8. The third kappa shape index (κ3) is 6.86. The standard InChI is InChI=1S/C20H24Cl2N4O4S/c21-15-2-1-13(9-16(15)22)20-25-17(12-31-20)24-19(28)14-3-5-26(10-14)18(27)11-30-8-7-29-6-4-23/h1-2,9,12,14H,3-8,10-11,23H2,(H,24,28)/t14-/m1/s1. The van der Waals surface area contributed by atoms with E-state index >= 15 is 0 Å². The zero-order chi connectivity index (χ0) is 22.2. The summed E-state index contributed by atoms with van der Waals surface area (Å²) in [7, 11) is 0. The highest BCUT2D eigenvalue weighted by Gasteiger charge is 2.31. The number of carbonyl (C=O) groups is 2. The molecule has 0 saturated carbocycles. The number of nitrogens with zero attached hydrogens (tertiary/aromatic N) is 2. The summed E-state index contributed by atoms with van der Waals surface area (Å²) in [5, 5.41) is 6.26. The first-order valence-corrected chi connectivity index (χ1v) is 11.5. The molecule has 1 aliphatic rings. The molecule has 31 heavy (non-hydrogen) atoms. The third-order valence-electron chi connectivity index (χ3n) is 4.69. The van der Waals surface area contributed by atoms with Crippen molar-refractivity contribution >= 4 is 52.2 Å². The molecule has 3 rings (SSSR count). The van der Waals surface area contributed by atoms with Gasteiger partial charge in [-0.3, -0.25) is 9.59 Å². The molecule has 0 spiro atoms. The fraction of sp³-hybridized carbons (Fsp3) is 0.450. The molecule has 1 aromatic heterocycles. The van der Waals surface area contributed by atoms with Crippen molar-refractivity contribution in [3.63, 3.8) is 0 Å². The summed E-state index contributed by atoms with van der Waals surface area (Å²) >= 11 is 13.4. The molecule has 1 saturated heterocycles. The van der Waals surface area contributed by atoms with Crippen LogP contribution >= 0.6 is 34.5 Å². The Balaban J connectivity index is 1.45. The molecular weight excluding hydrogens is 463 g/mol. The predicted octanol–water partition coefficient (Wildman–Crippen LogP) is 2.90. The second-order valence-electron chi connectivity index (χ2n) is 6.94. The molecule has 168 valence electrons. The van der Waals surface area contributed by atoms with Gasteiger partial charge in [0.15, 0.2) is 0 Å². The maximum atomic E-state index is 12.6. The highest BCUT2D eigenvalue weighted by molar-refractivity contribution is 7.13. The number of hydrogen-bond donors (Lipinski definition) is 2. The summed E-state index contributed by atoms with van der Waals surface area (Å²) < 4.78 is 10.5. The van der Waals surface area contributed by atoms with Gasteiger partial charge in [-0.1, -0.05) is 29.3 Å². The van der Waals surface area contributed by atoms with Crippen LogP contribution < -0.4 is 11.1 Å². The summed E-state index contributed by atoms with van der Waals surface area (Å²) in [6, 6.07) is 5.27. The quantitative estimate of drug-likeness (QED) is 0.500. The largest absolute Gasteiger partial charge is 0.378 e. The van der Waals surface area contributed by atoms with Crippen LogP contribution in [0.4, 0.5) is 5.82 Å². The van der Waals surface area contributed by atoms with Gasteiger partial charge in [0.1, 0.15) is 17.4 Å². The van der Waals surface area contributed by atoms with Gasteiger partial charge in [-0.25, -0.2) is 4.98 Å². The Kier molecular flexibility index (Phi) is 9.06. The Bertz CT molecular complexity index is 911. The lowest BCUT2D eigenvalue weighted by molar-refractivity contribution is -0.135. The van der Waals surface area contributed by atoms with Crippen LogP contribution in [0.3, 0.4) is 0 Å². The van der Waals surface area contributed by atoms with Gasteiger partial charge in [0.25, 0.3) is 0 Å². The zero-order valence-corrected chi connectivity index (χ0v) is 19.1. The van der Waals surface area contributed by atoms with Gasteiger partial charge in [-0.05, 0) is 18.6 Å². The smallest absolute Gasteiger partial charge is 0.248 e. The predicted molar refractivity (Wildman–Crippen MR) is 122 cm³/mol. The lowest BCUT2D eigenvalue weighted by Gasteiger charge is -2.16. The average Bonchev–Trinajstić information content (AvgIpc) is 3.42. The van der Waals surface area contributed by atoms with Crippen molar-refractivity contribution < 1.29 is 19.1 Å². The number of nitrogens with two attached hydrogens (primary N) is 1. The van der Waals surface area contributed by atoms with Crippen LogP contribution in [-0.2, 0) is 19.1 Å². The SMILES string of the molecule is NCCOCCOCC(=O)N1CC[C@@H](C(=O)Nc2csc(-c3ccc(Cl)c(Cl)c3)n2)C1. The first-order chi connectivity index (χ1) is 15.0. The maximum Gasteiger partial charge on any atom is 0.248 e. The van der Waals surface area contributed by atoms with E-state index in [2.05, 4.69) is 10.3 Å². The van der Waals surface area contributed by atoms with Crippen LogP contribution in [0.2, 0.25) is 10.0 Å². The number of amides is 2. The Morgan fingerprint density at radius 3 is 2.81 bits per heavy atom. The highest BCUT2D eigenvalue weighted by atomic mass is 35.5. The fourth-order valence-electron chi connectivity index (χ4n) is 3.08. The number of benzene rings is 1. The number of likely N-dealkylation sites (tertiary alicyclic amines) is 1. The van der Waals surface area contributed by atoms with Gasteiger partial charge >= 0.3 is 0 Å². The normalized spacial score (nSPS) is 16.0. The van der Waals surface area contributed by atoms with Gasteiger partial charge in [0, 0.05) is 30.6 Å². The summed E-state index contributed by atoms with van der Waals surface area (Å²) in [5.41, 5.74) is 6.15. The topological polar surface area (TPSA) is 107 Å². The molecule has 0 aliphatic carbocycles. The molecule has 2 amide bonds. The summed E-state index contributed by atoms with van der Waals surface area (Å²) in [5.74, 6) is -0.101. The molecule has 1 aromatic carbocycles. The van der Waals surface area contributed by atoms with E-state index in [0.717, 1.165) is 10.6 Å². The van der Waals surface area contributed by atoms with Crippen LogP contribution in [-0.4, -0.2) is 67.8 Å². The van der Waals surface area contributed by atoms with E-state index in [1.807, 2.05) is 6.07 Å². The molecule has 3 N–H and O–H groups in total. The van der Waals surface area contributed by atoms with E-state index in [4.69, 9.17) is 38.4 Å². The molecule has 0 unspecified atom stereocenters. The lowest BCUT2D eigenvalue weighted by Crippen LogP contribution is -2.34. The van der Waals surface area contributed by atoms with Gasteiger partial charge in [0.2, 0.25) is 11.8 Å². The minimum absolute atomic E-state index is 0.0284. The number of halogens is 2. The number of ether oxygens (including phenoxy) is 2. The van der Waals surface area contributed by atoms with Crippen molar-refractivity contribution in [1.29, 1.82) is 0 Å². The number of anilines is 1. The molecule has 1 fully saturated rings. The van der Waals surface area contributed by atoms with Crippen LogP contribution in [0.5, 0.6) is 0 Å². The van der Waals surface area contributed by atoms with E-state index in [1.54, 1.807) is 22.4 Å². The lowest BCUT2D eigenvalue weighted by atomic mass is 10.1. The molecule has 1 aliphatic heterocycles. The van der Waals surface area contributed by atoms with Crippen molar-refractivity contribution in [2.75, 3.05) is 51.4 Å². The molecule has 2 aromatic rings. The van der Waals surface area contributed by atoms with Crippen LogP contribution in [0, 0.1) is 5.92 Å². The molecule has 0 bridgehead atoms. The van der Waals surface area contributed by atoms with Crippen LogP contribution in [0.25, 0.3) is 10.6 Å². The highest BCUT2D eigenvalue weighted by Crippen LogP contribution is 2.31. The third-order valence-corrected chi connectivity index (χ3v) is 6.32. The Morgan fingerprint density at radius 2 is 2.03 bits per heavy atom. The van der Waals surface area contributed by atoms with E-state index in [0.29, 0.717) is 61.7 Å². The van der Waals surface area contributed by atoms with Crippen molar-refractivity contribution in [2.24, 2.45) is 11.7 Å². The van der Waals surface area contributed by atoms with E-state index in [-0.39, 0.29) is 24.3 Å². The maximum absolute atomic E-state index is 12.6. The van der Waals surface area contributed by atoms with Gasteiger partial charge in [0.05, 0.1) is 35.8 Å². The number of rotatable bonds is 10. The Labute approximate surface area is 194 Å². The van der Waals surface area contributed by atoms with Crippen molar-refractivity contribution in [2.45, 2.75) is 6.42 Å². The number of carbonyl (C=O) groups excluding carboxylic acids is 2. The molecule has 11 heteroatoms. The van der Waals surface area contributed by atoms with Gasteiger partial charge < -0.3 is 25.4 Å². The minimum atomic E-state index is -0.285. The molecule has 0 radical (unpaired) electrons. The monoisotopic (exact) mass is 486 g/mol. The molecule has 1 atom stereocenters. The minimum Gasteiger partial charge on any atom is -0.378 e. The van der Waals surface area contributed by atoms with Crippen molar-refractivity contribution in [1.82, 2.24) is 9.88 Å². The number of hydrogen-bond acceptors (Lipinski definition) is 7. The first kappa shape index (κ1) is 23.9. The number of aromatic nitrogens is 1. The van der Waals surface area contributed by atoms with Crippen LogP contribution in [0.15, 0.2) is 23.6 Å². The molecule has 2 heterocycles. The van der Waals surface area contributed by atoms with E-state index in [1.165, 1.54) is 11.3 Å². The van der Waals surface area contributed by atoms with Gasteiger partial charge in [-0.2, -0.15) is 0 Å². The number of nitrogens with one attached hydrogen (secondary N) is 1. The Hall–Kier alpha value is -1.75. The number of thiazole rings is 1. The van der Waals surface area contributed by atoms with E-state index < -0.39 is 0 Å².